The Bertz CT molecular complexity index is 772. The number of aromatic nitrogens is 1. The number of amides is 1. The Balaban J connectivity index is 1.89. The van der Waals surface area contributed by atoms with Crippen LogP contribution in [-0.4, -0.2) is 53.4 Å². The molecule has 2 aliphatic rings. The minimum Gasteiger partial charge on any atom is -0.383 e. The highest BCUT2D eigenvalue weighted by Gasteiger charge is 2.32. The summed E-state index contributed by atoms with van der Waals surface area (Å²) in [6.45, 7) is 5.75. The first kappa shape index (κ1) is 18.1. The molecule has 8 heteroatoms. The second-order valence-electron chi connectivity index (χ2n) is 6.87. The first-order valence-electron chi connectivity index (χ1n) is 8.91. The molecule has 1 aromatic heterocycles. The number of carbonyl (C=O) groups is 1. The fourth-order valence-corrected chi connectivity index (χ4v) is 5.00. The normalized spacial score (nSPS) is 19.7. The van der Waals surface area contributed by atoms with Crippen molar-refractivity contribution in [1.29, 1.82) is 0 Å². The molecule has 138 valence electrons. The number of anilines is 1. The van der Waals surface area contributed by atoms with Gasteiger partial charge in [-0.3, -0.25) is 4.79 Å². The minimum atomic E-state index is -3.33. The number of nitrogens with zero attached hydrogens (tertiary/aromatic N) is 3. The maximum Gasteiger partial charge on any atom is 0.257 e. The van der Waals surface area contributed by atoms with E-state index >= 15 is 0 Å². The zero-order chi connectivity index (χ0) is 18.2. The second-order valence-corrected chi connectivity index (χ2v) is 9.22. The lowest BCUT2D eigenvalue weighted by Gasteiger charge is -2.30. The van der Waals surface area contributed by atoms with Crippen LogP contribution in [0.2, 0.25) is 0 Å². The number of fused-ring (bicyclic) bond motifs is 1. The number of hydrogen-bond donors (Lipinski definition) is 1. The third kappa shape index (κ3) is 3.37. The number of nitrogen functional groups attached to an aromatic ring is 1. The third-order valence-electron chi connectivity index (χ3n) is 5.23. The lowest BCUT2D eigenvalue weighted by Crippen LogP contribution is -2.41. The molecule has 0 spiro atoms. The summed E-state index contributed by atoms with van der Waals surface area (Å²) < 4.78 is 26.8. The maximum atomic E-state index is 12.7. The van der Waals surface area contributed by atoms with E-state index in [9.17, 15) is 13.2 Å². The van der Waals surface area contributed by atoms with Crippen molar-refractivity contribution >= 4 is 21.7 Å². The molecule has 2 aliphatic heterocycles. The van der Waals surface area contributed by atoms with Gasteiger partial charge in [-0.15, -0.1) is 0 Å². The molecule has 1 fully saturated rings. The summed E-state index contributed by atoms with van der Waals surface area (Å²) in [6, 6.07) is 1.75. The number of hydrogen-bond acceptors (Lipinski definition) is 5. The van der Waals surface area contributed by atoms with E-state index in [1.54, 1.807) is 17.9 Å². The summed E-state index contributed by atoms with van der Waals surface area (Å²) in [5.41, 5.74) is 7.99. The van der Waals surface area contributed by atoms with Gasteiger partial charge in [0.1, 0.15) is 5.82 Å². The second kappa shape index (κ2) is 6.92. The number of likely N-dealkylation sites (tertiary alicyclic amines) is 1. The van der Waals surface area contributed by atoms with E-state index in [0.29, 0.717) is 24.9 Å². The SMILES string of the molecule is CC[C@H](C)S(=O)(=O)N1CCc2nc(N)c(C(=O)N3CCCC3)cc2C1. The van der Waals surface area contributed by atoms with E-state index in [1.165, 1.54) is 4.31 Å². The van der Waals surface area contributed by atoms with Crippen molar-refractivity contribution in [2.45, 2.75) is 51.3 Å². The summed E-state index contributed by atoms with van der Waals surface area (Å²) >= 11 is 0. The molecule has 1 amide bonds. The molecule has 0 aromatic carbocycles. The number of rotatable bonds is 4. The van der Waals surface area contributed by atoms with Crippen molar-refractivity contribution in [2.75, 3.05) is 25.4 Å². The van der Waals surface area contributed by atoms with Gasteiger partial charge >= 0.3 is 0 Å². The third-order valence-corrected chi connectivity index (χ3v) is 7.61. The predicted molar refractivity (Wildman–Crippen MR) is 96.6 cm³/mol. The van der Waals surface area contributed by atoms with E-state index in [-0.39, 0.29) is 18.3 Å². The summed E-state index contributed by atoms with van der Waals surface area (Å²) in [4.78, 5) is 18.8. The van der Waals surface area contributed by atoms with Gasteiger partial charge in [0, 0.05) is 38.3 Å². The standard InChI is InChI=1S/C17H26N4O3S/c1-3-12(2)25(23,24)21-9-6-15-13(11-21)10-14(16(18)19-15)17(22)20-7-4-5-8-20/h10,12H,3-9,11H2,1-2H3,(H2,18,19)/t12-/m0/s1. The summed E-state index contributed by atoms with van der Waals surface area (Å²) in [5.74, 6) is 0.140. The molecular weight excluding hydrogens is 340 g/mol. The zero-order valence-corrected chi connectivity index (χ0v) is 15.7. The van der Waals surface area contributed by atoms with Crippen molar-refractivity contribution in [1.82, 2.24) is 14.2 Å². The van der Waals surface area contributed by atoms with E-state index < -0.39 is 15.3 Å². The fourth-order valence-electron chi connectivity index (χ4n) is 3.41. The molecule has 25 heavy (non-hydrogen) atoms. The molecule has 0 bridgehead atoms. The number of pyridine rings is 1. The summed E-state index contributed by atoms with van der Waals surface area (Å²) in [6.07, 6.45) is 3.10. The summed E-state index contributed by atoms with van der Waals surface area (Å²) in [7, 11) is -3.33. The molecular formula is C17H26N4O3S. The van der Waals surface area contributed by atoms with Crippen molar-refractivity contribution in [3.8, 4) is 0 Å². The Kier molecular flexibility index (Phi) is 5.02. The van der Waals surface area contributed by atoms with Gasteiger partial charge in [-0.1, -0.05) is 6.92 Å². The highest BCUT2D eigenvalue weighted by Crippen LogP contribution is 2.26. The van der Waals surface area contributed by atoms with E-state index in [4.69, 9.17) is 5.73 Å². The van der Waals surface area contributed by atoms with Gasteiger partial charge in [0.05, 0.1) is 10.8 Å². The minimum absolute atomic E-state index is 0.104. The number of nitrogens with two attached hydrogens (primary N) is 1. The molecule has 0 radical (unpaired) electrons. The van der Waals surface area contributed by atoms with Gasteiger partial charge in [-0.2, -0.15) is 4.31 Å². The van der Waals surface area contributed by atoms with E-state index in [1.807, 2.05) is 6.92 Å². The molecule has 2 N–H and O–H groups in total. The Morgan fingerprint density at radius 3 is 2.64 bits per heavy atom. The van der Waals surface area contributed by atoms with Crippen LogP contribution in [-0.2, 0) is 23.0 Å². The number of sulfonamides is 1. The van der Waals surface area contributed by atoms with Gasteiger partial charge in [0.25, 0.3) is 5.91 Å². The van der Waals surface area contributed by atoms with E-state index in [2.05, 4.69) is 4.98 Å². The lowest BCUT2D eigenvalue weighted by molar-refractivity contribution is 0.0793. The fraction of sp³-hybridized carbons (Fsp3) is 0.647. The molecule has 7 nitrogen and oxygen atoms in total. The van der Waals surface area contributed by atoms with E-state index in [0.717, 1.165) is 37.2 Å². The van der Waals surface area contributed by atoms with Gasteiger partial charge < -0.3 is 10.6 Å². The predicted octanol–water partition coefficient (Wildman–Crippen LogP) is 1.39. The Hall–Kier alpha value is -1.67. The number of carbonyl (C=O) groups excluding carboxylic acids is 1. The van der Waals surface area contributed by atoms with Crippen molar-refractivity contribution < 1.29 is 13.2 Å². The molecule has 0 aliphatic carbocycles. The molecule has 0 saturated carbocycles. The molecule has 3 rings (SSSR count). The van der Waals surface area contributed by atoms with Crippen LogP contribution in [0.4, 0.5) is 5.82 Å². The smallest absolute Gasteiger partial charge is 0.257 e. The monoisotopic (exact) mass is 366 g/mol. The van der Waals surface area contributed by atoms with Gasteiger partial charge in [0.2, 0.25) is 10.0 Å². The first-order valence-corrected chi connectivity index (χ1v) is 10.4. The van der Waals surface area contributed by atoms with Crippen LogP contribution >= 0.6 is 0 Å². The quantitative estimate of drug-likeness (QED) is 0.868. The van der Waals surface area contributed by atoms with Gasteiger partial charge in [-0.05, 0) is 37.8 Å². The molecule has 0 unspecified atom stereocenters. The zero-order valence-electron chi connectivity index (χ0n) is 14.9. The lowest BCUT2D eigenvalue weighted by atomic mass is 10.0. The highest BCUT2D eigenvalue weighted by molar-refractivity contribution is 7.89. The molecule has 1 aromatic rings. The van der Waals surface area contributed by atoms with Crippen LogP contribution in [0.5, 0.6) is 0 Å². The van der Waals surface area contributed by atoms with Crippen molar-refractivity contribution in [3.05, 3.63) is 22.9 Å². The van der Waals surface area contributed by atoms with Gasteiger partial charge in [-0.25, -0.2) is 13.4 Å². The van der Waals surface area contributed by atoms with Crippen LogP contribution in [0.3, 0.4) is 0 Å². The van der Waals surface area contributed by atoms with Crippen LogP contribution in [0.1, 0.15) is 54.7 Å². The molecule has 3 heterocycles. The average molecular weight is 366 g/mol. The van der Waals surface area contributed by atoms with Crippen LogP contribution in [0, 0.1) is 0 Å². The average Bonchev–Trinajstić information content (AvgIpc) is 3.13. The van der Waals surface area contributed by atoms with Gasteiger partial charge in [0.15, 0.2) is 0 Å². The topological polar surface area (TPSA) is 96.6 Å². The molecule has 1 saturated heterocycles. The highest BCUT2D eigenvalue weighted by atomic mass is 32.2. The van der Waals surface area contributed by atoms with Crippen LogP contribution in [0.25, 0.3) is 0 Å². The Labute approximate surface area is 149 Å². The maximum absolute atomic E-state index is 12.7. The van der Waals surface area contributed by atoms with Crippen LogP contribution in [0.15, 0.2) is 6.07 Å². The largest absolute Gasteiger partial charge is 0.383 e. The summed E-state index contributed by atoms with van der Waals surface area (Å²) in [5, 5.41) is -0.415. The Morgan fingerprint density at radius 1 is 1.32 bits per heavy atom. The Morgan fingerprint density at radius 2 is 2.00 bits per heavy atom. The molecule has 1 atom stereocenters. The first-order chi connectivity index (χ1) is 11.8. The van der Waals surface area contributed by atoms with Crippen molar-refractivity contribution in [3.63, 3.8) is 0 Å². The van der Waals surface area contributed by atoms with Crippen LogP contribution < -0.4 is 5.73 Å². The van der Waals surface area contributed by atoms with Crippen molar-refractivity contribution in [2.24, 2.45) is 0 Å².